The van der Waals surface area contributed by atoms with Crippen LogP contribution >= 0.6 is 0 Å². The van der Waals surface area contributed by atoms with E-state index in [2.05, 4.69) is 15.2 Å². The predicted octanol–water partition coefficient (Wildman–Crippen LogP) is 4.68. The quantitative estimate of drug-likeness (QED) is 0.651. The van der Waals surface area contributed by atoms with Crippen molar-refractivity contribution in [3.8, 4) is 12.1 Å². The van der Waals surface area contributed by atoms with Crippen LogP contribution < -0.4 is 4.72 Å². The fraction of sp³-hybridized carbons (Fsp3) is 0.850. The molecule has 0 amide bonds. The van der Waals surface area contributed by atoms with E-state index in [1.807, 2.05) is 82.2 Å². The Labute approximate surface area is 178 Å². The zero-order valence-electron chi connectivity index (χ0n) is 19.7. The summed E-state index contributed by atoms with van der Waals surface area (Å²) < 4.78 is 28.9. The highest BCUT2D eigenvalue weighted by Gasteiger charge is 2.29. The van der Waals surface area contributed by atoms with Crippen molar-refractivity contribution in [2.45, 2.75) is 98.6 Å². The molecule has 0 saturated heterocycles. The molecule has 0 spiro atoms. The van der Waals surface area contributed by atoms with Crippen molar-refractivity contribution < 1.29 is 8.42 Å². The van der Waals surface area contributed by atoms with Crippen LogP contribution in [-0.2, 0) is 22.0 Å². The molecular weight excluding hydrogens is 392 g/mol. The lowest BCUT2D eigenvalue weighted by Crippen LogP contribution is -2.44. The molecule has 0 unspecified atom stereocenters. The third-order valence-corrected chi connectivity index (χ3v) is 6.32. The molecule has 0 aromatic heterocycles. The van der Waals surface area contributed by atoms with Crippen LogP contribution in [0.2, 0.25) is 0 Å². The summed E-state index contributed by atoms with van der Waals surface area (Å²) >= 11 is 0. The van der Waals surface area contributed by atoms with Gasteiger partial charge in [0.1, 0.15) is 11.0 Å². The fourth-order valence-corrected chi connectivity index (χ4v) is 2.31. The second-order valence-corrected chi connectivity index (χ2v) is 13.0. The van der Waals surface area contributed by atoms with Crippen LogP contribution in [0.1, 0.15) is 83.1 Å². The number of rotatable bonds is 4. The number of nitriles is 2. The van der Waals surface area contributed by atoms with E-state index < -0.39 is 27.4 Å². The van der Waals surface area contributed by atoms with E-state index in [1.54, 1.807) is 13.1 Å². The maximum atomic E-state index is 11.7. The summed E-state index contributed by atoms with van der Waals surface area (Å²) in [5.41, 5.74) is -0.499. The largest absolute Gasteiger partial charge is 0.242 e. The number of nitrogens with zero attached hydrogens (tertiary/aromatic N) is 3. The SMILES string of the molecule is CC(C)C#N.CC=N[S@](=O)C(C)(C)C.C[C@H](N[S@](=O)C(C)(C)C)C(C)(C)C#N. The van der Waals surface area contributed by atoms with Crippen molar-refractivity contribution >= 4 is 28.2 Å². The Hall–Kier alpha value is -1.09. The normalized spacial score (nSPS) is 15.2. The van der Waals surface area contributed by atoms with Gasteiger partial charge >= 0.3 is 0 Å². The van der Waals surface area contributed by atoms with Crippen molar-refractivity contribution in [2.24, 2.45) is 15.7 Å². The topological polar surface area (TPSA) is 106 Å². The Balaban J connectivity index is -0.000000381. The summed E-state index contributed by atoms with van der Waals surface area (Å²) in [7, 11) is -2.18. The Morgan fingerprint density at radius 1 is 0.929 bits per heavy atom. The van der Waals surface area contributed by atoms with Gasteiger partial charge in [-0.2, -0.15) is 14.9 Å². The van der Waals surface area contributed by atoms with Gasteiger partial charge in [0, 0.05) is 18.2 Å². The maximum Gasteiger partial charge on any atom is 0.144 e. The van der Waals surface area contributed by atoms with Gasteiger partial charge in [0.2, 0.25) is 0 Å². The molecule has 28 heavy (non-hydrogen) atoms. The van der Waals surface area contributed by atoms with Gasteiger partial charge in [-0.25, -0.2) is 13.1 Å². The summed E-state index contributed by atoms with van der Waals surface area (Å²) in [5.74, 6) is 0.190. The number of nitrogens with one attached hydrogen (secondary N) is 1. The third-order valence-electron chi connectivity index (χ3n) is 3.19. The first-order chi connectivity index (χ1) is 12.4. The van der Waals surface area contributed by atoms with Crippen LogP contribution in [-0.4, -0.2) is 30.2 Å². The van der Waals surface area contributed by atoms with Crippen LogP contribution in [0.5, 0.6) is 0 Å². The highest BCUT2D eigenvalue weighted by atomic mass is 32.2. The first-order valence-corrected chi connectivity index (χ1v) is 11.5. The van der Waals surface area contributed by atoms with Gasteiger partial charge in [-0.1, -0.05) is 0 Å². The molecule has 0 bridgehead atoms. The zero-order valence-corrected chi connectivity index (χ0v) is 21.3. The third kappa shape index (κ3) is 17.0. The molecule has 0 saturated carbocycles. The second-order valence-electron chi connectivity index (χ2n) is 9.06. The van der Waals surface area contributed by atoms with E-state index in [9.17, 15) is 8.42 Å². The molecule has 0 rings (SSSR count). The molecule has 0 aliphatic heterocycles. The van der Waals surface area contributed by atoms with Gasteiger partial charge in [0.05, 0.1) is 38.0 Å². The van der Waals surface area contributed by atoms with E-state index in [-0.39, 0.29) is 21.5 Å². The van der Waals surface area contributed by atoms with Gasteiger partial charge in [-0.15, -0.1) is 0 Å². The minimum atomic E-state index is -1.12. The Bertz CT molecular complexity index is 602. The van der Waals surface area contributed by atoms with E-state index in [1.165, 1.54) is 0 Å². The van der Waals surface area contributed by atoms with E-state index in [0.29, 0.717) is 0 Å². The number of hydrogen-bond donors (Lipinski definition) is 1. The van der Waals surface area contributed by atoms with Gasteiger partial charge in [0.15, 0.2) is 0 Å². The van der Waals surface area contributed by atoms with Crippen LogP contribution in [0.25, 0.3) is 0 Å². The maximum absolute atomic E-state index is 11.7. The van der Waals surface area contributed by atoms with Crippen LogP contribution in [0.3, 0.4) is 0 Å². The first kappa shape index (κ1) is 31.6. The van der Waals surface area contributed by atoms with E-state index >= 15 is 0 Å². The molecule has 1 N–H and O–H groups in total. The van der Waals surface area contributed by atoms with Crippen LogP contribution in [0, 0.1) is 34.0 Å². The number of hydrogen-bond acceptors (Lipinski definition) is 4. The molecule has 3 atom stereocenters. The Morgan fingerprint density at radius 3 is 1.50 bits per heavy atom. The smallest absolute Gasteiger partial charge is 0.144 e. The van der Waals surface area contributed by atoms with Crippen molar-refractivity contribution in [2.75, 3.05) is 0 Å². The average molecular weight is 433 g/mol. The fourth-order valence-electron chi connectivity index (χ4n) is 0.835. The van der Waals surface area contributed by atoms with Gasteiger partial charge in [-0.3, -0.25) is 0 Å². The molecule has 0 aliphatic carbocycles. The first-order valence-electron chi connectivity index (χ1n) is 9.26. The highest BCUT2D eigenvalue weighted by molar-refractivity contribution is 7.85. The molecule has 0 radical (unpaired) electrons. The molecule has 8 heteroatoms. The standard InChI is InChI=1S/C10H20N2OS.C6H13NOS.C4H7N/c1-8(10(5,6)7-11)12-14(13)9(2,3)4;1-5-7-9(8)6(2,3)4;1-4(2)3-5/h8,12H,1-6H3;5H,1-4H3;4H,1-2H3/t8-,14+;9-;/m01./s1. The molecule has 0 aromatic rings. The lowest BCUT2D eigenvalue weighted by molar-refractivity contribution is 0.382. The van der Waals surface area contributed by atoms with E-state index in [4.69, 9.17) is 10.5 Å². The van der Waals surface area contributed by atoms with Gasteiger partial charge in [0.25, 0.3) is 0 Å². The monoisotopic (exact) mass is 432 g/mol. The van der Waals surface area contributed by atoms with Crippen LogP contribution in [0.15, 0.2) is 4.40 Å². The Morgan fingerprint density at radius 2 is 1.32 bits per heavy atom. The van der Waals surface area contributed by atoms with Crippen molar-refractivity contribution in [1.29, 1.82) is 10.5 Å². The molecule has 0 fully saturated rings. The molecule has 164 valence electrons. The van der Waals surface area contributed by atoms with Crippen LogP contribution in [0.4, 0.5) is 0 Å². The molecular formula is C20H40N4O2S2. The highest BCUT2D eigenvalue weighted by Crippen LogP contribution is 2.20. The molecule has 0 heterocycles. The van der Waals surface area contributed by atoms with Crippen molar-refractivity contribution in [3.05, 3.63) is 0 Å². The minimum absolute atomic E-state index is 0.0902. The summed E-state index contributed by atoms with van der Waals surface area (Å²) in [6.07, 6.45) is 1.57. The molecule has 0 aliphatic rings. The van der Waals surface area contributed by atoms with Gasteiger partial charge in [-0.05, 0) is 83.1 Å². The van der Waals surface area contributed by atoms with Crippen molar-refractivity contribution in [1.82, 2.24) is 4.72 Å². The summed E-state index contributed by atoms with van der Waals surface area (Å²) in [4.78, 5) is 0. The predicted molar refractivity (Wildman–Crippen MR) is 122 cm³/mol. The lowest BCUT2D eigenvalue weighted by Gasteiger charge is -2.28. The minimum Gasteiger partial charge on any atom is -0.242 e. The molecule has 6 nitrogen and oxygen atoms in total. The summed E-state index contributed by atoms with van der Waals surface area (Å²) in [6.45, 7) is 22.5. The Kier molecular flexibility index (Phi) is 15.8. The molecule has 0 aromatic carbocycles. The lowest BCUT2D eigenvalue weighted by atomic mass is 9.88. The second kappa shape index (κ2) is 14.0. The van der Waals surface area contributed by atoms with Crippen molar-refractivity contribution in [3.63, 3.8) is 0 Å². The zero-order chi connectivity index (χ0) is 23.3. The average Bonchev–Trinajstić information content (AvgIpc) is 2.54. The van der Waals surface area contributed by atoms with Gasteiger partial charge < -0.3 is 0 Å². The summed E-state index contributed by atoms with van der Waals surface area (Å²) in [6, 6.07) is 4.14. The summed E-state index contributed by atoms with van der Waals surface area (Å²) in [5, 5.41) is 16.8. The van der Waals surface area contributed by atoms with E-state index in [0.717, 1.165) is 0 Å².